The molecule has 0 unspecified atom stereocenters. The molecule has 2 aliphatic rings. The van der Waals surface area contributed by atoms with Crippen molar-refractivity contribution in [2.24, 2.45) is 0 Å². The normalized spacial score (nSPS) is 20.9. The van der Waals surface area contributed by atoms with E-state index in [1.165, 1.54) is 11.3 Å². The maximum absolute atomic E-state index is 12.9. The van der Waals surface area contributed by atoms with Crippen molar-refractivity contribution in [3.63, 3.8) is 0 Å². The highest BCUT2D eigenvalue weighted by Gasteiger charge is 2.37. The van der Waals surface area contributed by atoms with Crippen molar-refractivity contribution in [3.8, 4) is 0 Å². The molecule has 2 aromatic rings. The number of amides is 3. The van der Waals surface area contributed by atoms with Crippen LogP contribution < -0.4 is 10.2 Å². The Balaban J connectivity index is 1.49. The molecule has 6 nitrogen and oxygen atoms in total. The zero-order chi connectivity index (χ0) is 23.9. The largest absolute Gasteiger partial charge is 0.369 e. The summed E-state index contributed by atoms with van der Waals surface area (Å²) in [5.41, 5.74) is 5.10. The molecule has 4 rings (SSSR count). The number of imide groups is 1. The Morgan fingerprint density at radius 3 is 2.58 bits per heavy atom. The highest BCUT2D eigenvalue weighted by Crippen LogP contribution is 2.43. The molecular weight excluding hydrogens is 434 g/mol. The summed E-state index contributed by atoms with van der Waals surface area (Å²) in [7, 11) is 2.11. The number of fused-ring (bicyclic) bond motifs is 1. The molecule has 0 spiro atoms. The van der Waals surface area contributed by atoms with Crippen LogP contribution in [0.5, 0.6) is 0 Å². The Bertz CT molecular complexity index is 1150. The number of hydrogen-bond acceptors (Lipinski definition) is 5. The van der Waals surface area contributed by atoms with Crippen LogP contribution in [0, 0.1) is 6.92 Å². The van der Waals surface area contributed by atoms with E-state index >= 15 is 0 Å². The summed E-state index contributed by atoms with van der Waals surface area (Å²) in [5, 5.41) is 2.30. The molecule has 1 atom stereocenters. The van der Waals surface area contributed by atoms with Gasteiger partial charge in [-0.2, -0.15) is 0 Å². The summed E-state index contributed by atoms with van der Waals surface area (Å²) in [6.07, 6.45) is 2.78. The average Bonchev–Trinajstić information content (AvgIpc) is 3.01. The maximum atomic E-state index is 12.9. The number of thioether (sulfide) groups is 1. The van der Waals surface area contributed by atoms with Crippen LogP contribution in [-0.4, -0.2) is 41.1 Å². The lowest BCUT2D eigenvalue weighted by Gasteiger charge is -2.45. The Labute approximate surface area is 199 Å². The maximum Gasteiger partial charge on any atom is 0.294 e. The van der Waals surface area contributed by atoms with Crippen molar-refractivity contribution in [1.82, 2.24) is 4.90 Å². The second-order valence-corrected chi connectivity index (χ2v) is 10.5. The van der Waals surface area contributed by atoms with Gasteiger partial charge in [-0.05, 0) is 86.3 Å². The van der Waals surface area contributed by atoms with Gasteiger partial charge in [0.15, 0.2) is 0 Å². The first-order valence-electron chi connectivity index (χ1n) is 11.0. The molecule has 2 heterocycles. The molecule has 0 aliphatic carbocycles. The second kappa shape index (κ2) is 8.71. The predicted octanol–water partition coefficient (Wildman–Crippen LogP) is 5.39. The molecule has 3 amide bonds. The quantitative estimate of drug-likeness (QED) is 0.616. The van der Waals surface area contributed by atoms with E-state index in [0.717, 1.165) is 34.2 Å². The number of carbonyl (C=O) groups excluding carboxylic acids is 3. The van der Waals surface area contributed by atoms with E-state index in [1.54, 1.807) is 18.2 Å². The van der Waals surface area contributed by atoms with E-state index in [0.29, 0.717) is 16.5 Å². The number of carbonyl (C=O) groups is 3. The minimum Gasteiger partial charge on any atom is -0.369 e. The summed E-state index contributed by atoms with van der Waals surface area (Å²) in [6.45, 7) is 8.35. The molecule has 2 aliphatic heterocycles. The summed E-state index contributed by atoms with van der Waals surface area (Å²) >= 11 is 0.873. The van der Waals surface area contributed by atoms with Crippen LogP contribution in [0.2, 0.25) is 0 Å². The van der Waals surface area contributed by atoms with Crippen LogP contribution in [0.15, 0.2) is 47.4 Å². The van der Waals surface area contributed by atoms with Gasteiger partial charge in [0.1, 0.15) is 6.54 Å². The van der Waals surface area contributed by atoms with Crippen LogP contribution in [-0.2, 0) is 9.59 Å². The van der Waals surface area contributed by atoms with E-state index in [1.807, 2.05) is 25.1 Å². The van der Waals surface area contributed by atoms with Crippen molar-refractivity contribution in [1.29, 1.82) is 0 Å². The molecule has 2 aromatic carbocycles. The van der Waals surface area contributed by atoms with Gasteiger partial charge in [-0.1, -0.05) is 30.7 Å². The molecule has 1 saturated heterocycles. The zero-order valence-corrected chi connectivity index (χ0v) is 20.5. The van der Waals surface area contributed by atoms with Crippen molar-refractivity contribution >= 4 is 46.3 Å². The van der Waals surface area contributed by atoms with Gasteiger partial charge in [0.05, 0.1) is 4.91 Å². The third kappa shape index (κ3) is 4.69. The monoisotopic (exact) mass is 463 g/mol. The van der Waals surface area contributed by atoms with Crippen molar-refractivity contribution in [3.05, 3.63) is 64.1 Å². The van der Waals surface area contributed by atoms with Crippen molar-refractivity contribution < 1.29 is 14.4 Å². The molecule has 0 radical (unpaired) electrons. The van der Waals surface area contributed by atoms with Gasteiger partial charge in [0, 0.05) is 24.0 Å². The summed E-state index contributed by atoms with van der Waals surface area (Å²) < 4.78 is 0. The van der Waals surface area contributed by atoms with Crippen LogP contribution in [0.3, 0.4) is 0 Å². The van der Waals surface area contributed by atoms with Gasteiger partial charge in [-0.15, -0.1) is 0 Å². The lowest BCUT2D eigenvalue weighted by molar-refractivity contribution is -0.127. The fourth-order valence-corrected chi connectivity index (χ4v) is 5.29. The molecule has 172 valence electrons. The predicted molar refractivity (Wildman–Crippen MR) is 134 cm³/mol. The van der Waals surface area contributed by atoms with Gasteiger partial charge in [-0.3, -0.25) is 19.3 Å². The molecule has 0 saturated carbocycles. The van der Waals surface area contributed by atoms with Crippen LogP contribution >= 0.6 is 11.8 Å². The topological polar surface area (TPSA) is 69.7 Å². The number of benzene rings is 2. The Hall–Kier alpha value is -3.06. The number of nitrogens with one attached hydrogen (secondary N) is 1. The fraction of sp³-hybridized carbons (Fsp3) is 0.346. The fourth-order valence-electron chi connectivity index (χ4n) is 4.45. The van der Waals surface area contributed by atoms with Crippen LogP contribution in [0.25, 0.3) is 6.08 Å². The molecule has 33 heavy (non-hydrogen) atoms. The van der Waals surface area contributed by atoms with E-state index in [9.17, 15) is 14.4 Å². The van der Waals surface area contributed by atoms with Gasteiger partial charge in [0.2, 0.25) is 5.91 Å². The number of nitrogens with zero attached hydrogens (tertiary/aromatic N) is 2. The first kappa shape index (κ1) is 23.1. The molecule has 0 aromatic heterocycles. The number of aryl methyl sites for hydroxylation is 1. The van der Waals surface area contributed by atoms with Crippen molar-refractivity contribution in [2.75, 3.05) is 23.8 Å². The van der Waals surface area contributed by atoms with E-state index in [-0.39, 0.29) is 12.1 Å². The van der Waals surface area contributed by atoms with Crippen LogP contribution in [0.1, 0.15) is 49.8 Å². The third-order valence-electron chi connectivity index (χ3n) is 6.47. The molecule has 1 N–H and O–H groups in total. The number of hydrogen-bond donors (Lipinski definition) is 1. The molecule has 0 bridgehead atoms. The summed E-state index contributed by atoms with van der Waals surface area (Å²) in [6, 6.07) is 13.5. The lowest BCUT2D eigenvalue weighted by Crippen LogP contribution is -2.45. The number of rotatable bonds is 4. The first-order valence-corrected chi connectivity index (χ1v) is 11.9. The molecule has 7 heteroatoms. The summed E-state index contributed by atoms with van der Waals surface area (Å²) in [5.74, 6) is -0.455. The SMILES string of the molecule is Cc1ccc(NC(=O)CN2C(=O)S/C(=C\c3ccc4c(c3)[C@H](C)CC(C)(C)N4C)C2=O)cc1. The standard InChI is InChI=1S/C26H29N3O3S/c1-16-6-9-19(10-7-16)27-23(30)15-29-24(31)22(33-25(29)32)13-18-8-11-21-20(12-18)17(2)14-26(3,4)28(21)5/h6-13,17H,14-15H2,1-5H3,(H,27,30)/b22-13-/t17-/m1/s1. The molecular formula is C26H29N3O3S. The minimum atomic E-state index is -0.437. The Morgan fingerprint density at radius 1 is 1.18 bits per heavy atom. The lowest BCUT2D eigenvalue weighted by atomic mass is 9.80. The van der Waals surface area contributed by atoms with Gasteiger partial charge >= 0.3 is 0 Å². The highest BCUT2D eigenvalue weighted by molar-refractivity contribution is 8.18. The van der Waals surface area contributed by atoms with Gasteiger partial charge in [0.25, 0.3) is 11.1 Å². The Kier molecular flexibility index (Phi) is 6.10. The van der Waals surface area contributed by atoms with E-state index in [4.69, 9.17) is 0 Å². The Morgan fingerprint density at radius 2 is 1.88 bits per heavy atom. The van der Waals surface area contributed by atoms with Gasteiger partial charge < -0.3 is 10.2 Å². The number of anilines is 2. The third-order valence-corrected chi connectivity index (χ3v) is 7.37. The smallest absolute Gasteiger partial charge is 0.294 e. The molecule has 1 fully saturated rings. The minimum absolute atomic E-state index is 0.0791. The van der Waals surface area contributed by atoms with E-state index in [2.05, 4.69) is 50.2 Å². The summed E-state index contributed by atoms with van der Waals surface area (Å²) in [4.78, 5) is 41.4. The highest BCUT2D eigenvalue weighted by atomic mass is 32.2. The first-order chi connectivity index (χ1) is 15.5. The zero-order valence-electron chi connectivity index (χ0n) is 19.6. The average molecular weight is 464 g/mol. The van der Waals surface area contributed by atoms with Crippen LogP contribution in [0.4, 0.5) is 16.2 Å². The van der Waals surface area contributed by atoms with Crippen molar-refractivity contribution in [2.45, 2.75) is 45.6 Å². The van der Waals surface area contributed by atoms with Gasteiger partial charge in [-0.25, -0.2) is 0 Å². The van der Waals surface area contributed by atoms with E-state index < -0.39 is 17.1 Å². The second-order valence-electron chi connectivity index (χ2n) is 9.48.